The van der Waals surface area contributed by atoms with E-state index in [0.717, 1.165) is 18.9 Å². The highest BCUT2D eigenvalue weighted by molar-refractivity contribution is 5.77. The van der Waals surface area contributed by atoms with Crippen molar-refractivity contribution < 1.29 is 14.6 Å². The Morgan fingerprint density at radius 1 is 1.43 bits per heavy atom. The molecular formula is C14H22N4O3. The summed E-state index contributed by atoms with van der Waals surface area (Å²) < 4.78 is 5.31. The van der Waals surface area contributed by atoms with Crippen molar-refractivity contribution in [1.29, 1.82) is 0 Å². The Morgan fingerprint density at radius 2 is 2.14 bits per heavy atom. The summed E-state index contributed by atoms with van der Waals surface area (Å²) in [7, 11) is 0. The first-order chi connectivity index (χ1) is 10.1. The number of carboxylic acid groups (broad SMARTS) is 1. The molecule has 2 N–H and O–H groups in total. The minimum absolute atomic E-state index is 0.291. The van der Waals surface area contributed by atoms with Gasteiger partial charge in [0.25, 0.3) is 0 Å². The Balaban J connectivity index is 2.07. The van der Waals surface area contributed by atoms with Crippen molar-refractivity contribution >= 4 is 17.6 Å². The third kappa shape index (κ3) is 4.56. The second-order valence-electron chi connectivity index (χ2n) is 5.53. The number of rotatable bonds is 6. The van der Waals surface area contributed by atoms with Gasteiger partial charge in [0.2, 0.25) is 0 Å². The number of aromatic nitrogens is 2. The molecule has 0 saturated carbocycles. The molecule has 1 atom stereocenters. The summed E-state index contributed by atoms with van der Waals surface area (Å²) in [6.45, 7) is 6.92. The van der Waals surface area contributed by atoms with E-state index in [4.69, 9.17) is 4.74 Å². The second-order valence-corrected chi connectivity index (χ2v) is 5.53. The number of aliphatic carboxylic acids is 1. The smallest absolute Gasteiger partial charge is 0.326 e. The number of nitrogens with one attached hydrogen (secondary N) is 1. The Morgan fingerprint density at radius 3 is 2.76 bits per heavy atom. The van der Waals surface area contributed by atoms with Crippen molar-refractivity contribution in [3.05, 3.63) is 12.4 Å². The van der Waals surface area contributed by atoms with E-state index in [2.05, 4.69) is 20.2 Å². The number of carboxylic acids is 1. The number of nitrogens with zero attached hydrogens (tertiary/aromatic N) is 3. The zero-order valence-electron chi connectivity index (χ0n) is 12.5. The Hall–Kier alpha value is -1.89. The van der Waals surface area contributed by atoms with Gasteiger partial charge in [0, 0.05) is 19.2 Å². The summed E-state index contributed by atoms with van der Waals surface area (Å²) in [5.74, 6) is 0.762. The van der Waals surface area contributed by atoms with E-state index in [-0.39, 0.29) is 0 Å². The predicted molar refractivity (Wildman–Crippen MR) is 79.6 cm³/mol. The molecule has 0 bridgehead atoms. The minimum Gasteiger partial charge on any atom is -0.480 e. The average molecular weight is 294 g/mol. The fourth-order valence-corrected chi connectivity index (χ4v) is 2.26. The molecule has 0 aliphatic carbocycles. The summed E-state index contributed by atoms with van der Waals surface area (Å²) in [5.41, 5.74) is 0. The summed E-state index contributed by atoms with van der Waals surface area (Å²) in [6.07, 6.45) is 2.01. The SMILES string of the molecule is CC(C)CC(Nc1cc(N2CCOCC2)ncn1)C(=O)O. The standard InChI is InChI=1S/C14H22N4O3/c1-10(2)7-11(14(19)20)17-12-8-13(16-9-15-12)18-3-5-21-6-4-18/h8-11H,3-7H2,1-2H3,(H,19,20)(H,15,16,17). The van der Waals surface area contributed by atoms with Crippen LogP contribution in [0.25, 0.3) is 0 Å². The average Bonchev–Trinajstić information content (AvgIpc) is 2.47. The molecule has 1 saturated heterocycles. The Kier molecular flexibility index (Phi) is 5.32. The van der Waals surface area contributed by atoms with E-state index >= 15 is 0 Å². The van der Waals surface area contributed by atoms with E-state index in [0.29, 0.717) is 31.4 Å². The molecule has 1 unspecified atom stereocenters. The van der Waals surface area contributed by atoms with Crippen molar-refractivity contribution in [3.8, 4) is 0 Å². The lowest BCUT2D eigenvalue weighted by Crippen LogP contribution is -2.37. The van der Waals surface area contributed by atoms with Gasteiger partial charge >= 0.3 is 5.97 Å². The van der Waals surface area contributed by atoms with Crippen molar-refractivity contribution in [2.45, 2.75) is 26.3 Å². The lowest BCUT2D eigenvalue weighted by Gasteiger charge is -2.28. The molecule has 0 aromatic carbocycles. The van der Waals surface area contributed by atoms with Crippen LogP contribution in [-0.4, -0.2) is 53.4 Å². The molecule has 1 aromatic heterocycles. The molecular weight excluding hydrogens is 272 g/mol. The van der Waals surface area contributed by atoms with Gasteiger partial charge < -0.3 is 20.1 Å². The number of hydrogen-bond acceptors (Lipinski definition) is 6. The Labute approximate surface area is 124 Å². The fraction of sp³-hybridized carbons (Fsp3) is 0.643. The van der Waals surface area contributed by atoms with Gasteiger partial charge in [0.05, 0.1) is 13.2 Å². The van der Waals surface area contributed by atoms with Crippen LogP contribution in [0.2, 0.25) is 0 Å². The second kappa shape index (κ2) is 7.21. The van der Waals surface area contributed by atoms with Crippen LogP contribution in [-0.2, 0) is 9.53 Å². The molecule has 1 fully saturated rings. The van der Waals surface area contributed by atoms with E-state index in [1.54, 1.807) is 6.07 Å². The summed E-state index contributed by atoms with van der Waals surface area (Å²) in [4.78, 5) is 21.8. The highest BCUT2D eigenvalue weighted by Crippen LogP contribution is 2.17. The van der Waals surface area contributed by atoms with Crippen molar-refractivity contribution in [2.24, 2.45) is 5.92 Å². The zero-order valence-corrected chi connectivity index (χ0v) is 12.5. The first-order valence-electron chi connectivity index (χ1n) is 7.20. The molecule has 2 heterocycles. The first-order valence-corrected chi connectivity index (χ1v) is 7.20. The minimum atomic E-state index is -0.866. The first kappa shape index (κ1) is 15.5. The lowest BCUT2D eigenvalue weighted by molar-refractivity contribution is -0.138. The van der Waals surface area contributed by atoms with Crippen molar-refractivity contribution in [3.63, 3.8) is 0 Å². The molecule has 1 aliphatic rings. The maximum Gasteiger partial charge on any atom is 0.326 e. The molecule has 0 spiro atoms. The summed E-state index contributed by atoms with van der Waals surface area (Å²) in [6, 6.07) is 1.15. The van der Waals surface area contributed by atoms with Gasteiger partial charge in [-0.1, -0.05) is 13.8 Å². The van der Waals surface area contributed by atoms with Crippen LogP contribution < -0.4 is 10.2 Å². The van der Waals surface area contributed by atoms with E-state index < -0.39 is 12.0 Å². The van der Waals surface area contributed by atoms with Gasteiger partial charge in [-0.2, -0.15) is 0 Å². The zero-order chi connectivity index (χ0) is 15.2. The van der Waals surface area contributed by atoms with Gasteiger partial charge in [-0.25, -0.2) is 14.8 Å². The number of hydrogen-bond donors (Lipinski definition) is 2. The molecule has 1 aliphatic heterocycles. The van der Waals surface area contributed by atoms with Crippen LogP contribution in [0, 0.1) is 5.92 Å². The van der Waals surface area contributed by atoms with Crippen LogP contribution in [0.1, 0.15) is 20.3 Å². The molecule has 0 radical (unpaired) electrons. The maximum atomic E-state index is 11.3. The van der Waals surface area contributed by atoms with Crippen LogP contribution >= 0.6 is 0 Å². The van der Waals surface area contributed by atoms with E-state index in [1.165, 1.54) is 6.33 Å². The summed E-state index contributed by atoms with van der Waals surface area (Å²) in [5, 5.41) is 12.2. The number of morpholine rings is 1. The van der Waals surface area contributed by atoms with Crippen LogP contribution in [0.4, 0.5) is 11.6 Å². The van der Waals surface area contributed by atoms with Crippen LogP contribution in [0.3, 0.4) is 0 Å². The molecule has 7 heteroatoms. The molecule has 2 rings (SSSR count). The fourth-order valence-electron chi connectivity index (χ4n) is 2.26. The monoisotopic (exact) mass is 294 g/mol. The number of anilines is 2. The molecule has 0 amide bonds. The van der Waals surface area contributed by atoms with Crippen LogP contribution in [0.15, 0.2) is 12.4 Å². The molecule has 7 nitrogen and oxygen atoms in total. The normalized spacial score (nSPS) is 16.8. The van der Waals surface area contributed by atoms with E-state index in [9.17, 15) is 9.90 Å². The third-order valence-electron chi connectivity index (χ3n) is 3.32. The predicted octanol–water partition coefficient (Wildman–Crippen LogP) is 1.22. The van der Waals surface area contributed by atoms with Gasteiger partial charge in [-0.3, -0.25) is 0 Å². The molecule has 116 valence electrons. The quantitative estimate of drug-likeness (QED) is 0.815. The maximum absolute atomic E-state index is 11.3. The van der Waals surface area contributed by atoms with E-state index in [1.807, 2.05) is 13.8 Å². The van der Waals surface area contributed by atoms with Crippen molar-refractivity contribution in [1.82, 2.24) is 9.97 Å². The Bertz CT molecular complexity index is 475. The van der Waals surface area contributed by atoms with Crippen LogP contribution in [0.5, 0.6) is 0 Å². The largest absolute Gasteiger partial charge is 0.480 e. The summed E-state index contributed by atoms with van der Waals surface area (Å²) >= 11 is 0. The van der Waals surface area contributed by atoms with Gasteiger partial charge in [0.1, 0.15) is 24.0 Å². The molecule has 1 aromatic rings. The topological polar surface area (TPSA) is 87.6 Å². The number of carbonyl (C=O) groups is 1. The molecule has 21 heavy (non-hydrogen) atoms. The van der Waals surface area contributed by atoms with Gasteiger partial charge in [0.15, 0.2) is 0 Å². The number of ether oxygens (including phenoxy) is 1. The highest BCUT2D eigenvalue weighted by atomic mass is 16.5. The lowest BCUT2D eigenvalue weighted by atomic mass is 10.0. The van der Waals surface area contributed by atoms with Gasteiger partial charge in [-0.15, -0.1) is 0 Å². The van der Waals surface area contributed by atoms with Gasteiger partial charge in [-0.05, 0) is 12.3 Å². The third-order valence-corrected chi connectivity index (χ3v) is 3.32. The van der Waals surface area contributed by atoms with Crippen molar-refractivity contribution in [2.75, 3.05) is 36.5 Å². The highest BCUT2D eigenvalue weighted by Gasteiger charge is 2.20.